The number of nitrogens with one attached hydrogen (secondary N) is 1. The smallest absolute Gasteiger partial charge is 0.305 e. The van der Waals surface area contributed by atoms with Crippen molar-refractivity contribution in [2.45, 2.75) is 58.9 Å². The number of carboxylic acids is 1. The molecule has 1 aliphatic heterocycles. The number of nitrogens with zero attached hydrogens (tertiary/aromatic N) is 2. The van der Waals surface area contributed by atoms with Crippen LogP contribution >= 0.6 is 0 Å². The average molecular weight is 550 g/mol. The summed E-state index contributed by atoms with van der Waals surface area (Å²) >= 11 is 0. The maximum Gasteiger partial charge on any atom is 0.305 e. The third-order valence-corrected chi connectivity index (χ3v) is 7.91. The number of hydrogen-bond donors (Lipinski definition) is 2. The molecule has 1 amide bonds. The molecule has 2 unspecified atom stereocenters. The van der Waals surface area contributed by atoms with Gasteiger partial charge in [-0.2, -0.15) is 0 Å². The van der Waals surface area contributed by atoms with E-state index in [0.717, 1.165) is 67.1 Å². The van der Waals surface area contributed by atoms with Gasteiger partial charge in [-0.3, -0.25) is 9.59 Å². The van der Waals surface area contributed by atoms with E-state index in [1.807, 2.05) is 12.1 Å². The molecule has 1 aliphatic rings. The molecule has 0 spiro atoms. The van der Waals surface area contributed by atoms with E-state index >= 15 is 0 Å². The highest BCUT2D eigenvalue weighted by atomic mass is 16.5. The summed E-state index contributed by atoms with van der Waals surface area (Å²) in [4.78, 5) is 27.4. The third-order valence-electron chi connectivity index (χ3n) is 7.91. The van der Waals surface area contributed by atoms with Gasteiger partial charge >= 0.3 is 5.97 Å². The van der Waals surface area contributed by atoms with Gasteiger partial charge in [-0.25, -0.2) is 0 Å². The standard InChI is InChI=1S/C32H43N3O5/c1-5-6-7-8-22(2)30(33-25-11-9-24(10-12-25)32(38)34(4)16-15-29(36)37)31-23(3)27-21-26(13-14-28(27)40-31)35-17-19-39-20-18-35/h9-14,21-22,30,33H,5-8,15-20H2,1-4H3,(H,36,37). The van der Waals surface area contributed by atoms with Gasteiger partial charge in [0.1, 0.15) is 11.3 Å². The van der Waals surface area contributed by atoms with Crippen molar-refractivity contribution in [3.63, 3.8) is 0 Å². The van der Waals surface area contributed by atoms with Gasteiger partial charge in [0.25, 0.3) is 5.91 Å². The Morgan fingerprint density at radius 1 is 1.10 bits per heavy atom. The van der Waals surface area contributed by atoms with E-state index in [-0.39, 0.29) is 24.9 Å². The molecular weight excluding hydrogens is 506 g/mol. The summed E-state index contributed by atoms with van der Waals surface area (Å²) in [6.07, 6.45) is 4.53. The Kier molecular flexibility index (Phi) is 10.1. The van der Waals surface area contributed by atoms with Crippen LogP contribution in [-0.4, -0.2) is 61.8 Å². The molecule has 0 bridgehead atoms. The van der Waals surface area contributed by atoms with E-state index in [2.05, 4.69) is 49.2 Å². The first-order chi connectivity index (χ1) is 19.3. The molecule has 8 nitrogen and oxygen atoms in total. The van der Waals surface area contributed by atoms with Crippen molar-refractivity contribution in [3.05, 3.63) is 59.4 Å². The molecule has 2 N–H and O–H groups in total. The van der Waals surface area contributed by atoms with Gasteiger partial charge in [-0.05, 0) is 61.7 Å². The number of furan rings is 1. The van der Waals surface area contributed by atoms with Crippen LogP contribution in [0.1, 0.15) is 73.7 Å². The van der Waals surface area contributed by atoms with Gasteiger partial charge in [0, 0.05) is 54.6 Å². The lowest BCUT2D eigenvalue weighted by molar-refractivity contribution is -0.137. The van der Waals surface area contributed by atoms with Crippen molar-refractivity contribution in [2.75, 3.05) is 50.1 Å². The summed E-state index contributed by atoms with van der Waals surface area (Å²) in [6, 6.07) is 13.8. The van der Waals surface area contributed by atoms with Crippen LogP contribution in [0.5, 0.6) is 0 Å². The molecule has 2 atom stereocenters. The number of carbonyl (C=O) groups is 2. The molecule has 1 fully saturated rings. The molecule has 1 aromatic heterocycles. The summed E-state index contributed by atoms with van der Waals surface area (Å²) in [5, 5.41) is 13.8. The first-order valence-electron chi connectivity index (χ1n) is 14.5. The molecule has 0 aliphatic carbocycles. The minimum Gasteiger partial charge on any atom is -0.481 e. The molecule has 1 saturated heterocycles. The summed E-state index contributed by atoms with van der Waals surface area (Å²) in [7, 11) is 1.63. The van der Waals surface area contributed by atoms with E-state index in [4.69, 9.17) is 14.3 Å². The number of aliphatic carboxylic acids is 1. The second-order valence-electron chi connectivity index (χ2n) is 10.9. The number of benzene rings is 2. The number of carbonyl (C=O) groups excluding carboxylic acids is 1. The Morgan fingerprint density at radius 3 is 2.50 bits per heavy atom. The average Bonchev–Trinajstić information content (AvgIpc) is 3.30. The minimum atomic E-state index is -0.920. The van der Waals surface area contributed by atoms with E-state index < -0.39 is 5.97 Å². The van der Waals surface area contributed by atoms with E-state index in [1.54, 1.807) is 19.2 Å². The zero-order valence-electron chi connectivity index (χ0n) is 24.2. The Balaban J connectivity index is 1.57. The first kappa shape index (κ1) is 29.5. The predicted molar refractivity (Wildman–Crippen MR) is 159 cm³/mol. The molecule has 40 heavy (non-hydrogen) atoms. The second-order valence-corrected chi connectivity index (χ2v) is 10.9. The fraction of sp³-hybridized carbons (Fsp3) is 0.500. The van der Waals surface area contributed by atoms with Crippen molar-refractivity contribution in [1.29, 1.82) is 0 Å². The van der Waals surface area contributed by atoms with Crippen LogP contribution in [0, 0.1) is 12.8 Å². The van der Waals surface area contributed by atoms with Gasteiger partial charge in [0.2, 0.25) is 0 Å². The number of rotatable bonds is 13. The summed E-state index contributed by atoms with van der Waals surface area (Å²) in [6.45, 7) is 10.1. The predicted octanol–water partition coefficient (Wildman–Crippen LogP) is 6.49. The molecule has 2 aromatic carbocycles. The number of ether oxygens (including phenoxy) is 1. The number of aryl methyl sites for hydroxylation is 1. The summed E-state index contributed by atoms with van der Waals surface area (Å²) in [5.74, 6) is 0.164. The minimum absolute atomic E-state index is 0.0316. The molecular formula is C32H43N3O5. The fourth-order valence-corrected chi connectivity index (χ4v) is 5.37. The Bertz CT molecular complexity index is 1280. The highest BCUT2D eigenvalue weighted by Crippen LogP contribution is 2.38. The van der Waals surface area contributed by atoms with E-state index in [1.165, 1.54) is 23.4 Å². The lowest BCUT2D eigenvalue weighted by Crippen LogP contribution is -2.36. The van der Waals surface area contributed by atoms with Crippen LogP contribution in [0.2, 0.25) is 0 Å². The van der Waals surface area contributed by atoms with Crippen molar-refractivity contribution in [1.82, 2.24) is 4.90 Å². The van der Waals surface area contributed by atoms with E-state index in [0.29, 0.717) is 11.5 Å². The van der Waals surface area contributed by atoms with Crippen LogP contribution in [0.4, 0.5) is 11.4 Å². The summed E-state index contributed by atoms with van der Waals surface area (Å²) < 4.78 is 12.1. The van der Waals surface area contributed by atoms with Crippen molar-refractivity contribution in [3.8, 4) is 0 Å². The van der Waals surface area contributed by atoms with Gasteiger partial charge in [-0.15, -0.1) is 0 Å². The molecule has 4 rings (SSSR count). The SMILES string of the molecule is CCCCCC(C)C(Nc1ccc(C(=O)N(C)CCC(=O)O)cc1)c1oc2ccc(N3CCOCC3)cc2c1C. The molecule has 3 aromatic rings. The number of fused-ring (bicyclic) bond motifs is 1. The highest BCUT2D eigenvalue weighted by Gasteiger charge is 2.26. The molecule has 0 saturated carbocycles. The third kappa shape index (κ3) is 7.16. The topological polar surface area (TPSA) is 95.2 Å². The Labute approximate surface area is 237 Å². The van der Waals surface area contributed by atoms with Crippen LogP contribution < -0.4 is 10.2 Å². The van der Waals surface area contributed by atoms with Gasteiger partial charge < -0.3 is 29.4 Å². The zero-order chi connectivity index (χ0) is 28.6. The number of amides is 1. The fourth-order valence-electron chi connectivity index (χ4n) is 5.37. The molecule has 0 radical (unpaired) electrons. The van der Waals surface area contributed by atoms with Gasteiger partial charge in [0.05, 0.1) is 25.7 Å². The number of carboxylic acid groups (broad SMARTS) is 1. The maximum absolute atomic E-state index is 12.7. The zero-order valence-corrected chi connectivity index (χ0v) is 24.2. The van der Waals surface area contributed by atoms with E-state index in [9.17, 15) is 9.59 Å². The van der Waals surface area contributed by atoms with Gasteiger partial charge in [-0.1, -0.05) is 33.1 Å². The first-order valence-corrected chi connectivity index (χ1v) is 14.5. The lowest BCUT2D eigenvalue weighted by atomic mass is 9.91. The van der Waals surface area contributed by atoms with Crippen LogP contribution in [0.3, 0.4) is 0 Å². The van der Waals surface area contributed by atoms with Crippen LogP contribution in [0.15, 0.2) is 46.9 Å². The van der Waals surface area contributed by atoms with Crippen LogP contribution in [-0.2, 0) is 9.53 Å². The van der Waals surface area contributed by atoms with Crippen molar-refractivity contribution in [2.24, 2.45) is 5.92 Å². The van der Waals surface area contributed by atoms with Gasteiger partial charge in [0.15, 0.2) is 0 Å². The Hall–Kier alpha value is -3.52. The monoisotopic (exact) mass is 549 g/mol. The number of morpholine rings is 1. The largest absolute Gasteiger partial charge is 0.481 e. The van der Waals surface area contributed by atoms with Crippen molar-refractivity contribution < 1.29 is 23.8 Å². The lowest BCUT2D eigenvalue weighted by Gasteiger charge is -2.28. The second kappa shape index (κ2) is 13.7. The molecule has 216 valence electrons. The quantitative estimate of drug-likeness (QED) is 0.235. The number of hydrogen-bond acceptors (Lipinski definition) is 6. The number of anilines is 2. The normalized spacial score (nSPS) is 15.2. The highest BCUT2D eigenvalue weighted by molar-refractivity contribution is 5.94. The number of unbranched alkanes of at least 4 members (excludes halogenated alkanes) is 2. The maximum atomic E-state index is 12.7. The van der Waals surface area contributed by atoms with Crippen LogP contribution in [0.25, 0.3) is 11.0 Å². The Morgan fingerprint density at radius 2 is 1.82 bits per heavy atom. The van der Waals surface area contributed by atoms with Crippen molar-refractivity contribution >= 4 is 34.2 Å². The molecule has 8 heteroatoms. The molecule has 2 heterocycles. The summed E-state index contributed by atoms with van der Waals surface area (Å²) in [5.41, 5.74) is 4.67.